The van der Waals surface area contributed by atoms with Crippen LogP contribution < -0.4 is 5.32 Å². The van der Waals surface area contributed by atoms with Gasteiger partial charge in [0.15, 0.2) is 10.5 Å². The molecule has 6 heteroatoms. The summed E-state index contributed by atoms with van der Waals surface area (Å²) in [6.07, 6.45) is 2.07. The van der Waals surface area contributed by atoms with Crippen molar-refractivity contribution in [1.82, 2.24) is 15.5 Å². The van der Waals surface area contributed by atoms with Crippen LogP contribution in [0.3, 0.4) is 0 Å². The molecule has 16 heavy (non-hydrogen) atoms. The molecule has 0 aliphatic carbocycles. The zero-order valence-electron chi connectivity index (χ0n) is 8.81. The molecule has 0 bridgehead atoms. The van der Waals surface area contributed by atoms with Gasteiger partial charge in [-0.25, -0.2) is 0 Å². The molecule has 0 saturated carbocycles. The Balaban J connectivity index is 1.78. The van der Waals surface area contributed by atoms with Gasteiger partial charge in [-0.1, -0.05) is 5.16 Å². The smallest absolute Gasteiger partial charge is 0.213 e. The van der Waals surface area contributed by atoms with Gasteiger partial charge in [0, 0.05) is 13.0 Å². The monoisotopic (exact) mass is 285 g/mol. The van der Waals surface area contributed by atoms with Gasteiger partial charge in [-0.05, 0) is 35.0 Å². The highest BCUT2D eigenvalue weighted by molar-refractivity contribution is 9.10. The molecule has 0 spiro atoms. The van der Waals surface area contributed by atoms with Crippen molar-refractivity contribution in [2.75, 3.05) is 6.54 Å². The predicted molar refractivity (Wildman–Crippen MR) is 60.8 cm³/mol. The van der Waals surface area contributed by atoms with E-state index in [0.29, 0.717) is 5.82 Å². The summed E-state index contributed by atoms with van der Waals surface area (Å²) in [6, 6.07) is 3.99. The topological polar surface area (TPSA) is 64.1 Å². The van der Waals surface area contributed by atoms with Crippen molar-refractivity contribution < 1.29 is 8.94 Å². The molecule has 1 atom stereocenters. The standard InChI is InChI=1S/C10H12BrN3O2/c1-7(8-2-3-9(11)16-8)12-5-4-10-13-6-15-14-10/h2-3,6-7,12H,4-5H2,1H3. The van der Waals surface area contributed by atoms with Crippen molar-refractivity contribution in [3.8, 4) is 0 Å². The van der Waals surface area contributed by atoms with Crippen LogP contribution in [0.15, 0.2) is 32.1 Å². The highest BCUT2D eigenvalue weighted by atomic mass is 79.9. The second-order valence-electron chi connectivity index (χ2n) is 3.42. The van der Waals surface area contributed by atoms with E-state index >= 15 is 0 Å². The maximum atomic E-state index is 5.44. The van der Waals surface area contributed by atoms with Crippen molar-refractivity contribution in [2.45, 2.75) is 19.4 Å². The lowest BCUT2D eigenvalue weighted by atomic mass is 10.2. The van der Waals surface area contributed by atoms with Crippen molar-refractivity contribution in [3.05, 3.63) is 34.8 Å². The van der Waals surface area contributed by atoms with Crippen LogP contribution in [-0.2, 0) is 6.42 Å². The molecule has 0 amide bonds. The van der Waals surface area contributed by atoms with Crippen molar-refractivity contribution in [3.63, 3.8) is 0 Å². The number of rotatable bonds is 5. The molecule has 0 aliphatic heterocycles. The zero-order chi connectivity index (χ0) is 11.4. The summed E-state index contributed by atoms with van der Waals surface area (Å²) in [5.74, 6) is 1.61. The van der Waals surface area contributed by atoms with Crippen molar-refractivity contribution >= 4 is 15.9 Å². The third kappa shape index (κ3) is 2.93. The summed E-state index contributed by atoms with van der Waals surface area (Å²) in [4.78, 5) is 3.94. The molecule has 2 aromatic heterocycles. The van der Waals surface area contributed by atoms with Gasteiger partial charge in [0.25, 0.3) is 0 Å². The first kappa shape index (κ1) is 11.3. The van der Waals surface area contributed by atoms with Crippen LogP contribution in [-0.4, -0.2) is 16.7 Å². The minimum atomic E-state index is 0.165. The Bertz CT molecular complexity index is 427. The molecule has 0 saturated heterocycles. The number of aromatic nitrogens is 2. The molecule has 0 fully saturated rings. The molecular weight excluding hydrogens is 274 g/mol. The summed E-state index contributed by atoms with van der Waals surface area (Å²) < 4.78 is 10.8. The van der Waals surface area contributed by atoms with E-state index < -0.39 is 0 Å². The molecule has 0 radical (unpaired) electrons. The van der Waals surface area contributed by atoms with Crippen LogP contribution in [0.25, 0.3) is 0 Å². The van der Waals surface area contributed by atoms with E-state index in [4.69, 9.17) is 4.42 Å². The predicted octanol–water partition coefficient (Wildman–Crippen LogP) is 2.32. The van der Waals surface area contributed by atoms with Gasteiger partial charge in [0.05, 0.1) is 6.04 Å². The molecule has 0 aliphatic rings. The Labute approximate surface area is 101 Å². The maximum Gasteiger partial charge on any atom is 0.213 e. The largest absolute Gasteiger partial charge is 0.453 e. The fraction of sp³-hybridized carbons (Fsp3) is 0.400. The Morgan fingerprint density at radius 3 is 3.00 bits per heavy atom. The second kappa shape index (κ2) is 5.27. The van der Waals surface area contributed by atoms with Crippen molar-refractivity contribution in [2.24, 2.45) is 0 Å². The first-order valence-corrected chi connectivity index (χ1v) is 5.79. The number of halogens is 1. The van der Waals surface area contributed by atoms with E-state index in [0.717, 1.165) is 23.4 Å². The van der Waals surface area contributed by atoms with Crippen LogP contribution in [0.2, 0.25) is 0 Å². The van der Waals surface area contributed by atoms with E-state index in [1.807, 2.05) is 19.1 Å². The molecule has 2 rings (SSSR count). The Hall–Kier alpha value is -1.14. The molecule has 2 heterocycles. The lowest BCUT2D eigenvalue weighted by molar-refractivity contribution is 0.403. The number of hydrogen-bond acceptors (Lipinski definition) is 5. The first-order chi connectivity index (χ1) is 7.75. The third-order valence-corrected chi connectivity index (χ3v) is 2.65. The van der Waals surface area contributed by atoms with Crippen LogP contribution in [0, 0.1) is 0 Å². The molecular formula is C10H12BrN3O2. The van der Waals surface area contributed by atoms with Crippen LogP contribution in [0.1, 0.15) is 24.6 Å². The summed E-state index contributed by atoms with van der Waals surface area (Å²) in [5, 5.41) is 7.05. The average molecular weight is 286 g/mol. The first-order valence-electron chi connectivity index (χ1n) is 4.99. The molecule has 1 unspecified atom stereocenters. The fourth-order valence-corrected chi connectivity index (χ4v) is 1.68. The number of nitrogens with zero attached hydrogens (tertiary/aromatic N) is 2. The number of hydrogen-bond donors (Lipinski definition) is 1. The average Bonchev–Trinajstić information content (AvgIpc) is 2.89. The molecule has 0 aromatic carbocycles. The Morgan fingerprint density at radius 2 is 2.38 bits per heavy atom. The summed E-state index contributed by atoms with van der Waals surface area (Å²) in [5.41, 5.74) is 0. The SMILES string of the molecule is CC(NCCc1ncon1)c1ccc(Br)o1. The maximum absolute atomic E-state index is 5.44. The molecule has 5 nitrogen and oxygen atoms in total. The second-order valence-corrected chi connectivity index (χ2v) is 4.20. The number of furan rings is 1. The molecule has 2 aromatic rings. The molecule has 86 valence electrons. The summed E-state index contributed by atoms with van der Waals surface area (Å²) >= 11 is 3.27. The highest BCUT2D eigenvalue weighted by Crippen LogP contribution is 2.19. The van der Waals surface area contributed by atoms with E-state index in [-0.39, 0.29) is 6.04 Å². The summed E-state index contributed by atoms with van der Waals surface area (Å²) in [6.45, 7) is 2.82. The quantitative estimate of drug-likeness (QED) is 0.913. The lowest BCUT2D eigenvalue weighted by Crippen LogP contribution is -2.21. The van der Waals surface area contributed by atoms with Gasteiger partial charge in [-0.3, -0.25) is 0 Å². The van der Waals surface area contributed by atoms with Crippen molar-refractivity contribution in [1.29, 1.82) is 0 Å². The van der Waals surface area contributed by atoms with Gasteiger partial charge in [0.1, 0.15) is 5.76 Å². The normalized spacial score (nSPS) is 12.9. The highest BCUT2D eigenvalue weighted by Gasteiger charge is 2.09. The van der Waals surface area contributed by atoms with Crippen LogP contribution >= 0.6 is 15.9 Å². The third-order valence-electron chi connectivity index (χ3n) is 2.23. The number of nitrogens with one attached hydrogen (secondary N) is 1. The van der Waals surface area contributed by atoms with Gasteiger partial charge in [0.2, 0.25) is 6.39 Å². The van der Waals surface area contributed by atoms with Crippen LogP contribution in [0.5, 0.6) is 0 Å². The molecule has 1 N–H and O–H groups in total. The Morgan fingerprint density at radius 1 is 1.50 bits per heavy atom. The van der Waals surface area contributed by atoms with Crippen LogP contribution in [0.4, 0.5) is 0 Å². The minimum absolute atomic E-state index is 0.165. The fourth-order valence-electron chi connectivity index (χ4n) is 1.36. The summed E-state index contributed by atoms with van der Waals surface area (Å²) in [7, 11) is 0. The van der Waals surface area contributed by atoms with Gasteiger partial charge < -0.3 is 14.3 Å². The van der Waals surface area contributed by atoms with Gasteiger partial charge in [-0.2, -0.15) is 4.98 Å². The van der Waals surface area contributed by atoms with Gasteiger partial charge >= 0.3 is 0 Å². The van der Waals surface area contributed by atoms with Gasteiger partial charge in [-0.15, -0.1) is 0 Å². The lowest BCUT2D eigenvalue weighted by Gasteiger charge is -2.09. The van der Waals surface area contributed by atoms with E-state index in [2.05, 4.69) is 35.9 Å². The van der Waals surface area contributed by atoms with E-state index in [1.165, 1.54) is 6.39 Å². The Kier molecular flexibility index (Phi) is 3.74. The zero-order valence-corrected chi connectivity index (χ0v) is 10.4. The minimum Gasteiger partial charge on any atom is -0.453 e. The van der Waals surface area contributed by atoms with E-state index in [9.17, 15) is 0 Å². The van der Waals surface area contributed by atoms with E-state index in [1.54, 1.807) is 0 Å².